The third-order valence-corrected chi connectivity index (χ3v) is 6.64. The van der Waals surface area contributed by atoms with E-state index in [-0.39, 0.29) is 24.7 Å². The van der Waals surface area contributed by atoms with Crippen molar-refractivity contribution in [2.24, 2.45) is 0 Å². The summed E-state index contributed by atoms with van der Waals surface area (Å²) < 4.78 is 12.2. The van der Waals surface area contributed by atoms with Crippen LogP contribution in [0.5, 0.6) is 0 Å². The minimum Gasteiger partial charge on any atom is -0.465 e. The molecule has 5 rings (SSSR count). The van der Waals surface area contributed by atoms with Crippen LogP contribution in [0.1, 0.15) is 40.4 Å². The van der Waals surface area contributed by atoms with Gasteiger partial charge in [0, 0.05) is 31.0 Å². The van der Waals surface area contributed by atoms with Crippen molar-refractivity contribution >= 4 is 23.7 Å². The molecule has 0 bridgehead atoms. The van der Waals surface area contributed by atoms with E-state index in [1.807, 2.05) is 60.3 Å². The van der Waals surface area contributed by atoms with Gasteiger partial charge in [-0.1, -0.05) is 42.5 Å². The van der Waals surface area contributed by atoms with Crippen LogP contribution in [0.2, 0.25) is 0 Å². The van der Waals surface area contributed by atoms with E-state index in [9.17, 15) is 9.59 Å². The highest BCUT2D eigenvalue weighted by Gasteiger charge is 2.26. The van der Waals surface area contributed by atoms with Crippen LogP contribution in [0.3, 0.4) is 0 Å². The highest BCUT2D eigenvalue weighted by Crippen LogP contribution is 2.26. The van der Waals surface area contributed by atoms with Crippen LogP contribution in [0.25, 0.3) is 11.3 Å². The number of hydrogen-bond acceptors (Lipinski definition) is 8. The second kappa shape index (κ2) is 11.8. The van der Waals surface area contributed by atoms with Gasteiger partial charge >= 0.3 is 12.1 Å². The summed E-state index contributed by atoms with van der Waals surface area (Å²) in [7, 11) is 1.36. The maximum atomic E-state index is 12.7. The number of aryl methyl sites for hydroxylation is 1. The van der Waals surface area contributed by atoms with Crippen molar-refractivity contribution in [1.82, 2.24) is 24.6 Å². The number of ether oxygens (including phenoxy) is 2. The van der Waals surface area contributed by atoms with E-state index >= 15 is 0 Å². The van der Waals surface area contributed by atoms with E-state index in [1.54, 1.807) is 29.4 Å². The third-order valence-electron chi connectivity index (χ3n) is 6.64. The zero-order valence-corrected chi connectivity index (χ0v) is 21.9. The maximum Gasteiger partial charge on any atom is 0.410 e. The molecule has 0 aliphatic carbocycles. The van der Waals surface area contributed by atoms with Gasteiger partial charge in [0.2, 0.25) is 5.95 Å². The molecule has 2 aromatic carbocycles. The monoisotopic (exact) mass is 526 g/mol. The van der Waals surface area contributed by atoms with Crippen LogP contribution >= 0.6 is 0 Å². The molecule has 1 atom stereocenters. The summed E-state index contributed by atoms with van der Waals surface area (Å²) in [4.78, 5) is 35.3. The Morgan fingerprint density at radius 2 is 1.87 bits per heavy atom. The second-order valence-electron chi connectivity index (χ2n) is 9.41. The Hall–Kier alpha value is -4.73. The number of esters is 1. The number of benzene rings is 2. The summed E-state index contributed by atoms with van der Waals surface area (Å²) >= 11 is 0. The lowest BCUT2D eigenvalue weighted by atomic mass is 10.1. The van der Waals surface area contributed by atoms with Crippen LogP contribution in [-0.4, -0.2) is 56.9 Å². The van der Waals surface area contributed by atoms with E-state index in [0.29, 0.717) is 24.6 Å². The van der Waals surface area contributed by atoms with E-state index < -0.39 is 0 Å². The number of amides is 1. The molecule has 1 N–H and O–H groups in total. The summed E-state index contributed by atoms with van der Waals surface area (Å²) in [6.07, 6.45) is 6.85. The smallest absolute Gasteiger partial charge is 0.410 e. The molecular weight excluding hydrogens is 496 g/mol. The predicted octanol–water partition coefficient (Wildman–Crippen LogP) is 5.15. The van der Waals surface area contributed by atoms with Crippen molar-refractivity contribution in [1.29, 1.82) is 0 Å². The van der Waals surface area contributed by atoms with Crippen molar-refractivity contribution in [3.05, 3.63) is 89.9 Å². The molecule has 10 heteroatoms. The van der Waals surface area contributed by atoms with Crippen LogP contribution in [0.4, 0.5) is 16.4 Å². The average Bonchev–Trinajstić information content (AvgIpc) is 3.45. The first-order valence-corrected chi connectivity index (χ1v) is 12.8. The van der Waals surface area contributed by atoms with Gasteiger partial charge in [0.15, 0.2) is 0 Å². The van der Waals surface area contributed by atoms with E-state index in [0.717, 1.165) is 40.9 Å². The van der Waals surface area contributed by atoms with Crippen LogP contribution in [0.15, 0.2) is 73.2 Å². The number of nitrogens with zero attached hydrogens (tertiary/aromatic N) is 5. The second-order valence-corrected chi connectivity index (χ2v) is 9.41. The standard InChI is InChI=1S/C29H30N6O4/c1-20-15-30-28(33-26(20)22-10-12-23(13-11-22)27(36)38-2)32-24-16-31-35(17-24)25-9-6-14-34(18-25)29(37)39-19-21-7-4-3-5-8-21/h3-5,7-8,10-13,15-17,25H,6,9,14,18-19H2,1-2H3,(H,30,32,33). The fourth-order valence-corrected chi connectivity index (χ4v) is 4.55. The van der Waals surface area contributed by atoms with Crippen molar-refractivity contribution in [2.75, 3.05) is 25.5 Å². The van der Waals surface area contributed by atoms with Crippen molar-refractivity contribution in [2.45, 2.75) is 32.4 Å². The first kappa shape index (κ1) is 25.9. The number of methoxy groups -OCH3 is 1. The fourth-order valence-electron chi connectivity index (χ4n) is 4.55. The topological polar surface area (TPSA) is 111 Å². The summed E-state index contributed by atoms with van der Waals surface area (Å²) in [5.41, 5.74) is 4.71. The molecule has 3 heterocycles. The lowest BCUT2D eigenvalue weighted by molar-refractivity contribution is 0.0600. The third kappa shape index (κ3) is 6.23. The van der Waals surface area contributed by atoms with E-state index in [4.69, 9.17) is 14.5 Å². The molecule has 39 heavy (non-hydrogen) atoms. The number of carbonyl (C=O) groups excluding carboxylic acids is 2. The highest BCUT2D eigenvalue weighted by atomic mass is 16.6. The molecule has 1 amide bonds. The lowest BCUT2D eigenvalue weighted by Crippen LogP contribution is -2.41. The van der Waals surface area contributed by atoms with Gasteiger partial charge in [-0.25, -0.2) is 19.6 Å². The summed E-state index contributed by atoms with van der Waals surface area (Å²) in [5.74, 6) is 0.0486. The molecule has 1 aliphatic heterocycles. The van der Waals surface area contributed by atoms with Crippen molar-refractivity contribution < 1.29 is 19.1 Å². The van der Waals surface area contributed by atoms with Crippen LogP contribution in [-0.2, 0) is 16.1 Å². The normalized spacial score (nSPS) is 15.0. The predicted molar refractivity (Wildman–Crippen MR) is 146 cm³/mol. The van der Waals surface area contributed by atoms with Crippen molar-refractivity contribution in [3.8, 4) is 11.3 Å². The Morgan fingerprint density at radius 1 is 1.08 bits per heavy atom. The number of rotatable bonds is 7. The largest absolute Gasteiger partial charge is 0.465 e. The minimum atomic E-state index is -0.384. The Balaban J connectivity index is 1.22. The number of piperidine rings is 1. The van der Waals surface area contributed by atoms with Gasteiger partial charge in [-0.2, -0.15) is 5.10 Å². The Bertz CT molecular complexity index is 1440. The average molecular weight is 527 g/mol. The van der Waals surface area contributed by atoms with Gasteiger partial charge in [-0.05, 0) is 43.0 Å². The zero-order chi connectivity index (χ0) is 27.2. The quantitative estimate of drug-likeness (QED) is 0.329. The Kier molecular flexibility index (Phi) is 7.81. The number of likely N-dealkylation sites (tertiary alicyclic amines) is 1. The molecule has 1 aliphatic rings. The Morgan fingerprint density at radius 3 is 2.64 bits per heavy atom. The molecule has 0 spiro atoms. The molecule has 10 nitrogen and oxygen atoms in total. The lowest BCUT2D eigenvalue weighted by Gasteiger charge is -2.32. The minimum absolute atomic E-state index is 0.0430. The van der Waals surface area contributed by atoms with Gasteiger partial charge in [-0.15, -0.1) is 0 Å². The molecule has 4 aromatic rings. The first-order valence-electron chi connectivity index (χ1n) is 12.8. The van der Waals surface area contributed by atoms with E-state index in [1.165, 1.54) is 7.11 Å². The molecule has 0 radical (unpaired) electrons. The SMILES string of the molecule is COC(=O)c1ccc(-c2nc(Nc3cnn(C4CCCN(C(=O)OCc5ccccc5)C4)c3)ncc2C)cc1. The van der Waals surface area contributed by atoms with Gasteiger partial charge in [0.05, 0.1) is 36.3 Å². The molecular formula is C29H30N6O4. The van der Waals surface area contributed by atoms with Gasteiger partial charge in [0.25, 0.3) is 0 Å². The number of carbonyl (C=O) groups is 2. The molecule has 1 saturated heterocycles. The number of aromatic nitrogens is 4. The van der Waals surface area contributed by atoms with Gasteiger partial charge in [0.1, 0.15) is 6.61 Å². The van der Waals surface area contributed by atoms with Gasteiger partial charge in [-0.3, -0.25) is 4.68 Å². The zero-order valence-electron chi connectivity index (χ0n) is 21.9. The Labute approximate surface area is 226 Å². The van der Waals surface area contributed by atoms with Gasteiger partial charge < -0.3 is 19.7 Å². The van der Waals surface area contributed by atoms with E-state index in [2.05, 4.69) is 15.4 Å². The fraction of sp³-hybridized carbons (Fsp3) is 0.276. The number of hydrogen-bond donors (Lipinski definition) is 1. The van der Waals surface area contributed by atoms with Crippen LogP contribution in [0, 0.1) is 6.92 Å². The molecule has 200 valence electrons. The summed E-state index contributed by atoms with van der Waals surface area (Å²) in [5, 5.41) is 7.76. The molecule has 0 saturated carbocycles. The molecule has 1 fully saturated rings. The van der Waals surface area contributed by atoms with Crippen molar-refractivity contribution in [3.63, 3.8) is 0 Å². The summed E-state index contributed by atoms with van der Waals surface area (Å²) in [6.45, 7) is 3.38. The first-order chi connectivity index (χ1) is 19.0. The summed E-state index contributed by atoms with van der Waals surface area (Å²) in [6, 6.07) is 16.8. The molecule has 1 unspecified atom stereocenters. The maximum absolute atomic E-state index is 12.7. The number of anilines is 2. The highest BCUT2D eigenvalue weighted by molar-refractivity contribution is 5.90. The molecule has 2 aromatic heterocycles. The van der Waals surface area contributed by atoms with Crippen LogP contribution < -0.4 is 5.32 Å². The number of nitrogens with one attached hydrogen (secondary N) is 1.